The van der Waals surface area contributed by atoms with E-state index in [1.165, 1.54) is 23.1 Å². The molecule has 102 valence electrons. The molecule has 2 aromatic heterocycles. The second kappa shape index (κ2) is 5.86. The number of nitrogens with zero attached hydrogens (tertiary/aromatic N) is 3. The normalized spacial score (nSPS) is 11.0. The number of thiazole rings is 1. The second-order valence-electron chi connectivity index (χ2n) is 3.91. The topological polar surface area (TPSA) is 76.0 Å². The predicted molar refractivity (Wildman–Crippen MR) is 79.6 cm³/mol. The van der Waals surface area contributed by atoms with E-state index in [1.807, 2.05) is 24.3 Å². The van der Waals surface area contributed by atoms with Crippen LogP contribution in [0, 0.1) is 0 Å². The molecule has 1 aromatic carbocycles. The third kappa shape index (κ3) is 3.14. The van der Waals surface area contributed by atoms with Crippen molar-refractivity contribution in [3.63, 3.8) is 0 Å². The van der Waals surface area contributed by atoms with E-state index < -0.39 is 5.97 Å². The minimum atomic E-state index is -0.819. The molecule has 0 atom stereocenters. The molecule has 0 saturated carbocycles. The first-order valence-electron chi connectivity index (χ1n) is 5.78. The van der Waals surface area contributed by atoms with Crippen molar-refractivity contribution in [1.29, 1.82) is 0 Å². The highest BCUT2D eigenvalue weighted by Crippen LogP contribution is 2.35. The van der Waals surface area contributed by atoms with Gasteiger partial charge in [0.05, 0.1) is 16.6 Å². The minimum Gasteiger partial charge on any atom is -0.481 e. The molecule has 0 unspecified atom stereocenters. The molecule has 0 radical (unpaired) electrons. The maximum absolute atomic E-state index is 10.5. The highest BCUT2D eigenvalue weighted by atomic mass is 32.2. The van der Waals surface area contributed by atoms with Crippen molar-refractivity contribution in [2.75, 3.05) is 0 Å². The van der Waals surface area contributed by atoms with Gasteiger partial charge in [0.2, 0.25) is 0 Å². The van der Waals surface area contributed by atoms with Crippen LogP contribution in [0.1, 0.15) is 11.4 Å². The molecule has 1 N–H and O–H groups in total. The SMILES string of the molecule is O=C(O)CCc1nnc(Sc2nc3ccccc3s2)s1. The van der Waals surface area contributed by atoms with E-state index in [-0.39, 0.29) is 6.42 Å². The van der Waals surface area contributed by atoms with Gasteiger partial charge in [-0.1, -0.05) is 23.5 Å². The zero-order valence-electron chi connectivity index (χ0n) is 10.1. The van der Waals surface area contributed by atoms with E-state index in [0.717, 1.165) is 23.9 Å². The van der Waals surface area contributed by atoms with Gasteiger partial charge in [-0.3, -0.25) is 4.79 Å². The van der Waals surface area contributed by atoms with Crippen molar-refractivity contribution in [2.24, 2.45) is 0 Å². The van der Waals surface area contributed by atoms with Crippen LogP contribution in [0.25, 0.3) is 10.2 Å². The molecule has 0 amide bonds. The van der Waals surface area contributed by atoms with Gasteiger partial charge in [-0.25, -0.2) is 4.98 Å². The van der Waals surface area contributed by atoms with Crippen molar-refractivity contribution in [3.8, 4) is 0 Å². The van der Waals surface area contributed by atoms with Crippen LogP contribution >= 0.6 is 34.4 Å². The Morgan fingerprint density at radius 2 is 2.05 bits per heavy atom. The van der Waals surface area contributed by atoms with Crippen molar-refractivity contribution < 1.29 is 9.90 Å². The molecule has 3 rings (SSSR count). The molecule has 3 aromatic rings. The fourth-order valence-electron chi connectivity index (χ4n) is 1.56. The Bertz CT molecular complexity index is 720. The summed E-state index contributed by atoms with van der Waals surface area (Å²) in [4.78, 5) is 15.0. The Morgan fingerprint density at radius 1 is 1.20 bits per heavy atom. The zero-order valence-corrected chi connectivity index (χ0v) is 12.6. The number of aryl methyl sites for hydroxylation is 1. The lowest BCUT2D eigenvalue weighted by Crippen LogP contribution is -1.96. The van der Waals surface area contributed by atoms with E-state index >= 15 is 0 Å². The summed E-state index contributed by atoms with van der Waals surface area (Å²) in [5, 5.41) is 17.5. The molecule has 20 heavy (non-hydrogen) atoms. The average molecular weight is 323 g/mol. The highest BCUT2D eigenvalue weighted by Gasteiger charge is 2.10. The maximum Gasteiger partial charge on any atom is 0.303 e. The molecule has 0 saturated heterocycles. The number of hydrogen-bond donors (Lipinski definition) is 1. The van der Waals surface area contributed by atoms with Crippen LogP contribution in [0.4, 0.5) is 0 Å². The lowest BCUT2D eigenvalue weighted by atomic mass is 10.3. The maximum atomic E-state index is 10.5. The van der Waals surface area contributed by atoms with Gasteiger partial charge in [0.1, 0.15) is 5.01 Å². The zero-order chi connectivity index (χ0) is 13.9. The van der Waals surface area contributed by atoms with Crippen molar-refractivity contribution >= 4 is 50.6 Å². The predicted octanol–water partition coefficient (Wildman–Crippen LogP) is 3.32. The summed E-state index contributed by atoms with van der Waals surface area (Å²) < 4.78 is 2.86. The van der Waals surface area contributed by atoms with Gasteiger partial charge in [-0.05, 0) is 23.9 Å². The summed E-state index contributed by atoms with van der Waals surface area (Å²) in [6, 6.07) is 7.97. The molecule has 0 fully saturated rings. The van der Waals surface area contributed by atoms with Crippen LogP contribution in [-0.4, -0.2) is 26.3 Å². The lowest BCUT2D eigenvalue weighted by molar-refractivity contribution is -0.136. The molecule has 5 nitrogen and oxygen atoms in total. The quantitative estimate of drug-likeness (QED) is 0.776. The van der Waals surface area contributed by atoms with Crippen LogP contribution in [0.5, 0.6) is 0 Å². The van der Waals surface area contributed by atoms with Gasteiger partial charge in [0.15, 0.2) is 8.68 Å². The first kappa shape index (κ1) is 13.5. The molecule has 0 aliphatic carbocycles. The summed E-state index contributed by atoms with van der Waals surface area (Å²) in [5.41, 5.74) is 0.982. The third-order valence-corrected chi connectivity index (χ3v) is 5.58. The molecule has 0 aliphatic rings. The Kier molecular flexibility index (Phi) is 3.95. The number of carboxylic acids is 1. The molecule has 2 heterocycles. The summed E-state index contributed by atoms with van der Waals surface area (Å²) >= 11 is 4.51. The summed E-state index contributed by atoms with van der Waals surface area (Å²) in [7, 11) is 0. The van der Waals surface area contributed by atoms with Gasteiger partial charge in [0.25, 0.3) is 0 Å². The molecular formula is C12H9N3O2S3. The number of carboxylic acid groups (broad SMARTS) is 1. The molecule has 0 bridgehead atoms. The monoisotopic (exact) mass is 323 g/mol. The van der Waals surface area contributed by atoms with Gasteiger partial charge in [-0.2, -0.15) is 0 Å². The molecule has 0 spiro atoms. The lowest BCUT2D eigenvalue weighted by Gasteiger charge is -1.89. The van der Waals surface area contributed by atoms with E-state index in [4.69, 9.17) is 5.11 Å². The Labute approximate surface area is 126 Å². The van der Waals surface area contributed by atoms with Crippen molar-refractivity contribution in [2.45, 2.75) is 21.5 Å². The number of carbonyl (C=O) groups is 1. The first-order chi connectivity index (χ1) is 9.70. The van der Waals surface area contributed by atoms with E-state index in [0.29, 0.717) is 6.42 Å². The standard InChI is InChI=1S/C12H9N3O2S3/c16-10(17)6-5-9-14-15-12(19-9)20-11-13-7-3-1-2-4-8(7)18-11/h1-4H,5-6H2,(H,16,17). The third-order valence-electron chi connectivity index (χ3n) is 2.45. The van der Waals surface area contributed by atoms with E-state index in [9.17, 15) is 4.79 Å². The highest BCUT2D eigenvalue weighted by molar-refractivity contribution is 8.02. The Hall–Kier alpha value is -1.51. The average Bonchev–Trinajstić information content (AvgIpc) is 3.02. The summed E-state index contributed by atoms with van der Waals surface area (Å²) in [5.74, 6) is -0.819. The van der Waals surface area contributed by atoms with E-state index in [2.05, 4.69) is 15.2 Å². The van der Waals surface area contributed by atoms with Gasteiger partial charge < -0.3 is 5.11 Å². The van der Waals surface area contributed by atoms with Crippen molar-refractivity contribution in [3.05, 3.63) is 29.3 Å². The largest absolute Gasteiger partial charge is 0.481 e. The van der Waals surface area contributed by atoms with Crippen LogP contribution in [0.15, 0.2) is 32.9 Å². The first-order valence-corrected chi connectivity index (χ1v) is 8.23. The van der Waals surface area contributed by atoms with Gasteiger partial charge in [-0.15, -0.1) is 21.5 Å². The van der Waals surface area contributed by atoms with Crippen LogP contribution in [-0.2, 0) is 11.2 Å². The number of hydrogen-bond acceptors (Lipinski definition) is 7. The number of aromatic nitrogens is 3. The van der Waals surface area contributed by atoms with Crippen LogP contribution in [0.3, 0.4) is 0 Å². The number of aliphatic carboxylic acids is 1. The van der Waals surface area contributed by atoms with E-state index in [1.54, 1.807) is 11.3 Å². The van der Waals surface area contributed by atoms with Crippen LogP contribution in [0.2, 0.25) is 0 Å². The summed E-state index contributed by atoms with van der Waals surface area (Å²) in [6.07, 6.45) is 0.508. The Morgan fingerprint density at radius 3 is 2.85 bits per heavy atom. The van der Waals surface area contributed by atoms with Crippen LogP contribution < -0.4 is 0 Å². The minimum absolute atomic E-state index is 0.0838. The number of para-hydroxylation sites is 1. The smallest absolute Gasteiger partial charge is 0.303 e. The van der Waals surface area contributed by atoms with Gasteiger partial charge >= 0.3 is 5.97 Å². The fraction of sp³-hybridized carbons (Fsp3) is 0.167. The molecular weight excluding hydrogens is 314 g/mol. The molecule has 8 heteroatoms. The second-order valence-corrected chi connectivity index (χ2v) is 7.49. The van der Waals surface area contributed by atoms with Crippen molar-refractivity contribution in [1.82, 2.24) is 15.2 Å². The number of rotatable bonds is 5. The van der Waals surface area contributed by atoms with Gasteiger partial charge in [0, 0.05) is 6.42 Å². The Balaban J connectivity index is 1.72. The number of fused-ring (bicyclic) bond motifs is 1. The molecule has 0 aliphatic heterocycles. The number of benzene rings is 1. The fourth-order valence-corrected chi connectivity index (χ4v) is 4.73. The summed E-state index contributed by atoms with van der Waals surface area (Å²) in [6.45, 7) is 0.